The van der Waals surface area contributed by atoms with Crippen molar-refractivity contribution >= 4 is 10.1 Å². The highest BCUT2D eigenvalue weighted by Gasteiger charge is 2.19. The summed E-state index contributed by atoms with van der Waals surface area (Å²) >= 11 is 0. The van der Waals surface area contributed by atoms with Gasteiger partial charge in [-0.25, -0.2) is 0 Å². The minimum absolute atomic E-state index is 0.0567. The molecule has 0 bridgehead atoms. The Hall–Kier alpha value is -2.79. The van der Waals surface area contributed by atoms with E-state index in [9.17, 15) is 13.5 Å². The van der Waals surface area contributed by atoms with Crippen LogP contribution in [0.3, 0.4) is 0 Å². The number of para-hydroxylation sites is 2. The molecule has 0 aliphatic carbocycles. The fourth-order valence-corrected chi connectivity index (χ4v) is 3.28. The quantitative estimate of drug-likeness (QED) is 0.725. The van der Waals surface area contributed by atoms with Crippen LogP contribution in [-0.2, 0) is 10.1 Å². The summed E-state index contributed by atoms with van der Waals surface area (Å²) in [5.41, 5.74) is 1.97. The number of hydrogen-bond acceptors (Lipinski definition) is 4. The van der Waals surface area contributed by atoms with E-state index in [0.717, 1.165) is 5.56 Å². The largest absolute Gasteiger partial charge is 0.507 e. The van der Waals surface area contributed by atoms with Crippen molar-refractivity contribution in [3.63, 3.8) is 0 Å². The molecule has 0 saturated heterocycles. The van der Waals surface area contributed by atoms with E-state index in [2.05, 4.69) is 0 Å². The third-order valence-electron chi connectivity index (χ3n) is 3.59. The average molecular weight is 340 g/mol. The van der Waals surface area contributed by atoms with Gasteiger partial charge in [0.15, 0.2) is 5.75 Å². The Morgan fingerprint density at radius 2 is 1.38 bits per heavy atom. The Labute approximate surface area is 141 Å². The Balaban J connectivity index is 2.02. The van der Waals surface area contributed by atoms with Gasteiger partial charge in [-0.05, 0) is 31.2 Å². The molecule has 3 aromatic rings. The topological polar surface area (TPSA) is 63.6 Å². The first-order valence-corrected chi connectivity index (χ1v) is 8.77. The Kier molecular flexibility index (Phi) is 4.27. The van der Waals surface area contributed by atoms with Crippen LogP contribution >= 0.6 is 0 Å². The fourth-order valence-electron chi connectivity index (χ4n) is 2.33. The maximum absolute atomic E-state index is 12.5. The van der Waals surface area contributed by atoms with E-state index >= 15 is 0 Å². The molecule has 0 aliphatic rings. The van der Waals surface area contributed by atoms with Crippen LogP contribution in [-0.4, -0.2) is 13.5 Å². The van der Waals surface area contributed by atoms with Crippen LogP contribution in [0.15, 0.2) is 77.7 Å². The summed E-state index contributed by atoms with van der Waals surface area (Å²) < 4.78 is 30.3. The van der Waals surface area contributed by atoms with Gasteiger partial charge < -0.3 is 9.29 Å². The summed E-state index contributed by atoms with van der Waals surface area (Å²) in [6.07, 6.45) is 0. The zero-order valence-electron chi connectivity index (χ0n) is 13.0. The van der Waals surface area contributed by atoms with Crippen molar-refractivity contribution in [1.29, 1.82) is 0 Å². The molecule has 5 heteroatoms. The average Bonchev–Trinajstić information content (AvgIpc) is 2.56. The molecule has 0 unspecified atom stereocenters. The molecule has 0 heterocycles. The van der Waals surface area contributed by atoms with Gasteiger partial charge in [0.2, 0.25) is 0 Å². The molecule has 0 aliphatic heterocycles. The molecule has 24 heavy (non-hydrogen) atoms. The summed E-state index contributed by atoms with van der Waals surface area (Å²) in [6, 6.07) is 19.9. The van der Waals surface area contributed by atoms with Crippen LogP contribution in [0.5, 0.6) is 11.5 Å². The fraction of sp³-hybridized carbons (Fsp3) is 0.0526. The van der Waals surface area contributed by atoms with E-state index < -0.39 is 10.1 Å². The summed E-state index contributed by atoms with van der Waals surface area (Å²) in [6.45, 7) is 1.88. The van der Waals surface area contributed by atoms with E-state index in [1.165, 1.54) is 12.1 Å². The molecule has 3 rings (SSSR count). The highest BCUT2D eigenvalue weighted by Crippen LogP contribution is 2.36. The lowest BCUT2D eigenvalue weighted by Crippen LogP contribution is -2.10. The van der Waals surface area contributed by atoms with Crippen molar-refractivity contribution in [3.8, 4) is 22.6 Å². The van der Waals surface area contributed by atoms with Crippen molar-refractivity contribution in [2.24, 2.45) is 0 Å². The standard InChI is InChI=1S/C19H16O4S/c1-14-10-12-15(13-11-14)24(21,22)23-19-9-5-3-7-17(19)16-6-2-4-8-18(16)20/h2-13,20H,1H3. The van der Waals surface area contributed by atoms with Crippen LogP contribution in [0.1, 0.15) is 5.56 Å². The normalized spacial score (nSPS) is 11.2. The zero-order valence-corrected chi connectivity index (χ0v) is 13.8. The molecule has 0 radical (unpaired) electrons. The first-order valence-electron chi connectivity index (χ1n) is 7.36. The molecule has 1 N–H and O–H groups in total. The van der Waals surface area contributed by atoms with Gasteiger partial charge in [0.05, 0.1) is 0 Å². The molecule has 4 nitrogen and oxygen atoms in total. The number of hydrogen-bond donors (Lipinski definition) is 1. The van der Waals surface area contributed by atoms with Gasteiger partial charge >= 0.3 is 10.1 Å². The third kappa shape index (κ3) is 3.26. The number of phenols is 1. The van der Waals surface area contributed by atoms with E-state index in [4.69, 9.17) is 4.18 Å². The van der Waals surface area contributed by atoms with Crippen LogP contribution in [0.25, 0.3) is 11.1 Å². The van der Waals surface area contributed by atoms with E-state index in [-0.39, 0.29) is 16.4 Å². The van der Waals surface area contributed by atoms with Crippen molar-refractivity contribution < 1.29 is 17.7 Å². The molecular formula is C19H16O4S. The molecule has 3 aromatic carbocycles. The second kappa shape index (κ2) is 6.37. The molecule has 0 amide bonds. The van der Waals surface area contributed by atoms with Crippen molar-refractivity contribution in [1.82, 2.24) is 0 Å². The van der Waals surface area contributed by atoms with Gasteiger partial charge in [0, 0.05) is 11.1 Å². The van der Waals surface area contributed by atoms with E-state index in [1.54, 1.807) is 60.7 Å². The second-order valence-electron chi connectivity index (χ2n) is 5.36. The van der Waals surface area contributed by atoms with Crippen LogP contribution < -0.4 is 4.18 Å². The van der Waals surface area contributed by atoms with Crippen molar-refractivity contribution in [2.75, 3.05) is 0 Å². The van der Waals surface area contributed by atoms with Gasteiger partial charge in [-0.3, -0.25) is 0 Å². The van der Waals surface area contributed by atoms with Crippen molar-refractivity contribution in [2.45, 2.75) is 11.8 Å². The maximum Gasteiger partial charge on any atom is 0.339 e. The van der Waals surface area contributed by atoms with E-state index in [1.807, 2.05) is 6.92 Å². The van der Waals surface area contributed by atoms with Crippen LogP contribution in [0, 0.1) is 6.92 Å². The van der Waals surface area contributed by atoms with Gasteiger partial charge in [0.25, 0.3) is 0 Å². The summed E-state index contributed by atoms with van der Waals surface area (Å²) in [5, 5.41) is 10.0. The monoisotopic (exact) mass is 340 g/mol. The highest BCUT2D eigenvalue weighted by atomic mass is 32.2. The number of aromatic hydroxyl groups is 1. The second-order valence-corrected chi connectivity index (χ2v) is 6.91. The van der Waals surface area contributed by atoms with Crippen molar-refractivity contribution in [3.05, 3.63) is 78.4 Å². The SMILES string of the molecule is Cc1ccc(S(=O)(=O)Oc2ccccc2-c2ccccc2O)cc1. The minimum Gasteiger partial charge on any atom is -0.507 e. The highest BCUT2D eigenvalue weighted by molar-refractivity contribution is 7.87. The molecular weight excluding hydrogens is 324 g/mol. The molecule has 0 fully saturated rings. The lowest BCUT2D eigenvalue weighted by atomic mass is 10.0. The van der Waals surface area contributed by atoms with Crippen LogP contribution in [0.4, 0.5) is 0 Å². The Bertz CT molecular complexity index is 961. The van der Waals surface area contributed by atoms with Gasteiger partial charge in [-0.1, -0.05) is 54.1 Å². The first-order chi connectivity index (χ1) is 11.5. The van der Waals surface area contributed by atoms with E-state index in [0.29, 0.717) is 11.1 Å². The molecule has 122 valence electrons. The number of rotatable bonds is 4. The smallest absolute Gasteiger partial charge is 0.339 e. The number of benzene rings is 3. The predicted octanol–water partition coefficient (Wildman–Crippen LogP) is 4.14. The lowest BCUT2D eigenvalue weighted by molar-refractivity contribution is 0.474. The Morgan fingerprint density at radius 1 is 0.792 bits per heavy atom. The van der Waals surface area contributed by atoms with Gasteiger partial charge in [-0.15, -0.1) is 0 Å². The summed E-state index contributed by atoms with van der Waals surface area (Å²) in [5.74, 6) is 0.223. The molecule has 0 aromatic heterocycles. The zero-order chi connectivity index (χ0) is 17.2. The van der Waals surface area contributed by atoms with Crippen LogP contribution in [0.2, 0.25) is 0 Å². The summed E-state index contributed by atoms with van der Waals surface area (Å²) in [4.78, 5) is 0.0835. The minimum atomic E-state index is -3.96. The molecule has 0 atom stereocenters. The van der Waals surface area contributed by atoms with Gasteiger partial charge in [-0.2, -0.15) is 8.42 Å². The molecule has 0 saturated carbocycles. The number of phenolic OH excluding ortho intramolecular Hbond substituents is 1. The predicted molar refractivity (Wildman–Crippen MR) is 92.5 cm³/mol. The third-order valence-corrected chi connectivity index (χ3v) is 4.84. The lowest BCUT2D eigenvalue weighted by Gasteiger charge is -2.12. The first kappa shape index (κ1) is 16.1. The maximum atomic E-state index is 12.5. The molecule has 0 spiro atoms. The Morgan fingerprint density at radius 3 is 2.04 bits per heavy atom. The van der Waals surface area contributed by atoms with Gasteiger partial charge in [0.1, 0.15) is 10.6 Å². The summed E-state index contributed by atoms with van der Waals surface area (Å²) in [7, 11) is -3.96. The number of aryl methyl sites for hydroxylation is 1.